The standard InChI is InChI=1S/C12H15F2NO/c1-6-2-11(14)9(5-10(6)13)12(15)7-3-8(16)4-7/h2,5,7-8,12,16H,3-4,15H2,1H3/t7-,8+,12-/m1/s1. The van der Waals surface area contributed by atoms with Crippen molar-refractivity contribution in [2.45, 2.75) is 31.9 Å². The first-order valence-corrected chi connectivity index (χ1v) is 5.38. The van der Waals surface area contributed by atoms with Crippen LogP contribution in [0.4, 0.5) is 8.78 Å². The van der Waals surface area contributed by atoms with Crippen LogP contribution in [0.3, 0.4) is 0 Å². The van der Waals surface area contributed by atoms with Gasteiger partial charge in [0.1, 0.15) is 11.6 Å². The normalized spacial score (nSPS) is 26.3. The third kappa shape index (κ3) is 1.95. The molecule has 2 nitrogen and oxygen atoms in total. The van der Waals surface area contributed by atoms with Gasteiger partial charge in [-0.15, -0.1) is 0 Å². The van der Waals surface area contributed by atoms with Gasteiger partial charge >= 0.3 is 0 Å². The smallest absolute Gasteiger partial charge is 0.128 e. The van der Waals surface area contributed by atoms with Gasteiger partial charge in [-0.3, -0.25) is 0 Å². The molecule has 0 spiro atoms. The summed E-state index contributed by atoms with van der Waals surface area (Å²) in [5.74, 6) is -0.855. The molecule has 1 saturated carbocycles. The molecule has 4 heteroatoms. The van der Waals surface area contributed by atoms with Gasteiger partial charge in [0.05, 0.1) is 6.10 Å². The van der Waals surface area contributed by atoms with E-state index in [1.54, 1.807) is 0 Å². The van der Waals surface area contributed by atoms with Gasteiger partial charge in [-0.05, 0) is 43.4 Å². The fourth-order valence-electron chi connectivity index (χ4n) is 2.09. The van der Waals surface area contributed by atoms with E-state index in [-0.39, 0.29) is 23.1 Å². The second-order valence-electron chi connectivity index (χ2n) is 4.53. The van der Waals surface area contributed by atoms with E-state index in [1.807, 2.05) is 0 Å². The Labute approximate surface area is 93.1 Å². The average molecular weight is 227 g/mol. The molecule has 16 heavy (non-hydrogen) atoms. The molecule has 0 heterocycles. The molecule has 0 aromatic heterocycles. The van der Waals surface area contributed by atoms with Gasteiger partial charge < -0.3 is 10.8 Å². The molecule has 1 fully saturated rings. The zero-order chi connectivity index (χ0) is 11.9. The second kappa shape index (κ2) is 4.11. The van der Waals surface area contributed by atoms with E-state index in [4.69, 9.17) is 10.8 Å². The maximum Gasteiger partial charge on any atom is 0.128 e. The molecule has 0 amide bonds. The lowest BCUT2D eigenvalue weighted by molar-refractivity contribution is 0.0302. The van der Waals surface area contributed by atoms with Crippen LogP contribution in [0.25, 0.3) is 0 Å². The first-order chi connectivity index (χ1) is 7.49. The summed E-state index contributed by atoms with van der Waals surface area (Å²) in [5.41, 5.74) is 6.35. The van der Waals surface area contributed by atoms with E-state index in [0.717, 1.165) is 0 Å². The number of hydrogen-bond acceptors (Lipinski definition) is 2. The van der Waals surface area contributed by atoms with E-state index in [9.17, 15) is 8.78 Å². The summed E-state index contributed by atoms with van der Waals surface area (Å²) < 4.78 is 26.9. The van der Waals surface area contributed by atoms with Gasteiger partial charge in [0.25, 0.3) is 0 Å². The summed E-state index contributed by atoms with van der Waals surface area (Å²) in [6.45, 7) is 1.51. The molecule has 1 atom stereocenters. The quantitative estimate of drug-likeness (QED) is 0.812. The zero-order valence-electron chi connectivity index (χ0n) is 9.08. The van der Waals surface area contributed by atoms with E-state index in [0.29, 0.717) is 12.8 Å². The minimum Gasteiger partial charge on any atom is -0.393 e. The predicted molar refractivity (Wildman–Crippen MR) is 56.8 cm³/mol. The Morgan fingerprint density at radius 2 is 1.94 bits per heavy atom. The van der Waals surface area contributed by atoms with E-state index in [2.05, 4.69) is 0 Å². The fourth-order valence-corrected chi connectivity index (χ4v) is 2.09. The summed E-state index contributed by atoms with van der Waals surface area (Å²) in [4.78, 5) is 0. The third-order valence-corrected chi connectivity index (χ3v) is 3.29. The Bertz CT molecular complexity index is 402. The van der Waals surface area contributed by atoms with Crippen molar-refractivity contribution in [2.75, 3.05) is 0 Å². The Balaban J connectivity index is 2.23. The lowest BCUT2D eigenvalue weighted by Crippen LogP contribution is -2.36. The minimum atomic E-state index is -0.529. The zero-order valence-corrected chi connectivity index (χ0v) is 9.08. The van der Waals surface area contributed by atoms with Gasteiger partial charge in [-0.25, -0.2) is 8.78 Å². The Morgan fingerprint density at radius 1 is 1.31 bits per heavy atom. The molecule has 3 N–H and O–H groups in total. The van der Waals surface area contributed by atoms with Crippen molar-refractivity contribution in [3.05, 3.63) is 34.9 Å². The first kappa shape index (κ1) is 11.5. The van der Waals surface area contributed by atoms with Gasteiger partial charge in [0.15, 0.2) is 0 Å². The molecular formula is C12H15F2NO. The SMILES string of the molecule is Cc1cc(F)c([C@H](N)[C@H]2C[C@@H](O)C2)cc1F. The second-order valence-corrected chi connectivity index (χ2v) is 4.53. The van der Waals surface area contributed by atoms with Crippen LogP contribution < -0.4 is 5.73 Å². The van der Waals surface area contributed by atoms with Crippen molar-refractivity contribution in [3.8, 4) is 0 Å². The number of aliphatic hydroxyl groups is 1. The Hall–Kier alpha value is -1.00. The van der Waals surface area contributed by atoms with E-state index >= 15 is 0 Å². The Morgan fingerprint density at radius 3 is 2.50 bits per heavy atom. The van der Waals surface area contributed by atoms with Crippen molar-refractivity contribution < 1.29 is 13.9 Å². The summed E-state index contributed by atoms with van der Waals surface area (Å²) >= 11 is 0. The van der Waals surface area contributed by atoms with Crippen LogP contribution in [-0.4, -0.2) is 11.2 Å². The molecule has 0 saturated heterocycles. The first-order valence-electron chi connectivity index (χ1n) is 5.38. The van der Waals surface area contributed by atoms with Crippen molar-refractivity contribution in [1.29, 1.82) is 0 Å². The topological polar surface area (TPSA) is 46.2 Å². The van der Waals surface area contributed by atoms with Crippen LogP contribution >= 0.6 is 0 Å². The van der Waals surface area contributed by atoms with Crippen molar-refractivity contribution >= 4 is 0 Å². The number of aryl methyl sites for hydroxylation is 1. The summed E-state index contributed by atoms with van der Waals surface area (Å²) in [7, 11) is 0. The number of hydrogen-bond donors (Lipinski definition) is 2. The van der Waals surface area contributed by atoms with Gasteiger partial charge in [-0.2, -0.15) is 0 Å². The van der Waals surface area contributed by atoms with E-state index in [1.165, 1.54) is 19.1 Å². The molecule has 1 aromatic rings. The van der Waals surface area contributed by atoms with Gasteiger partial charge in [0.2, 0.25) is 0 Å². The summed E-state index contributed by atoms with van der Waals surface area (Å²) in [5, 5.41) is 9.16. The average Bonchev–Trinajstić information content (AvgIpc) is 2.18. The largest absolute Gasteiger partial charge is 0.393 e. The summed E-state index contributed by atoms with van der Waals surface area (Å²) in [6, 6.07) is 1.80. The highest BCUT2D eigenvalue weighted by Crippen LogP contribution is 2.37. The summed E-state index contributed by atoms with van der Waals surface area (Å²) in [6.07, 6.45) is 0.793. The van der Waals surface area contributed by atoms with Crippen LogP contribution in [0.1, 0.15) is 30.0 Å². The molecule has 1 aliphatic rings. The molecule has 0 aliphatic heterocycles. The van der Waals surface area contributed by atoms with Crippen molar-refractivity contribution in [3.63, 3.8) is 0 Å². The van der Waals surface area contributed by atoms with Gasteiger partial charge in [-0.1, -0.05) is 0 Å². The van der Waals surface area contributed by atoms with Crippen LogP contribution in [0.15, 0.2) is 12.1 Å². The van der Waals surface area contributed by atoms with E-state index < -0.39 is 17.7 Å². The maximum atomic E-state index is 13.6. The number of rotatable bonds is 2. The minimum absolute atomic E-state index is 0.0478. The highest BCUT2D eigenvalue weighted by molar-refractivity contribution is 5.28. The molecule has 0 radical (unpaired) electrons. The number of nitrogens with two attached hydrogens (primary N) is 1. The van der Waals surface area contributed by atoms with Crippen molar-refractivity contribution in [1.82, 2.24) is 0 Å². The highest BCUT2D eigenvalue weighted by atomic mass is 19.1. The number of benzene rings is 1. The predicted octanol–water partition coefficient (Wildman–Crippen LogP) is 2.04. The fraction of sp³-hybridized carbons (Fsp3) is 0.500. The van der Waals surface area contributed by atoms with Gasteiger partial charge in [0, 0.05) is 11.6 Å². The molecule has 88 valence electrons. The van der Waals surface area contributed by atoms with Crippen LogP contribution in [-0.2, 0) is 0 Å². The molecule has 1 aliphatic carbocycles. The molecule has 1 aromatic carbocycles. The molecule has 0 bridgehead atoms. The molecule has 2 rings (SSSR count). The maximum absolute atomic E-state index is 13.6. The third-order valence-electron chi connectivity index (χ3n) is 3.29. The van der Waals surface area contributed by atoms with Crippen LogP contribution in [0.2, 0.25) is 0 Å². The van der Waals surface area contributed by atoms with Crippen LogP contribution in [0.5, 0.6) is 0 Å². The number of aliphatic hydroxyl groups excluding tert-OH is 1. The highest BCUT2D eigenvalue weighted by Gasteiger charge is 2.34. The molecule has 0 unspecified atom stereocenters. The molecular weight excluding hydrogens is 212 g/mol. The Kier molecular flexibility index (Phi) is 2.95. The lowest BCUT2D eigenvalue weighted by atomic mass is 9.75. The number of halogens is 2. The lowest BCUT2D eigenvalue weighted by Gasteiger charge is -2.36. The monoisotopic (exact) mass is 227 g/mol. The van der Waals surface area contributed by atoms with Crippen molar-refractivity contribution in [2.24, 2.45) is 11.7 Å². The van der Waals surface area contributed by atoms with Crippen LogP contribution in [0, 0.1) is 24.5 Å².